The van der Waals surface area contributed by atoms with Crippen molar-refractivity contribution in [2.45, 2.75) is 33.7 Å². The molecule has 0 unspecified atom stereocenters. The molecule has 2 heterocycles. The van der Waals surface area contributed by atoms with Gasteiger partial charge in [0, 0.05) is 42.6 Å². The van der Waals surface area contributed by atoms with Crippen LogP contribution in [0, 0.1) is 11.3 Å². The van der Waals surface area contributed by atoms with Crippen LogP contribution in [0.4, 0.5) is 5.69 Å². The molecule has 0 bridgehead atoms. The second-order valence-corrected chi connectivity index (χ2v) is 7.26. The molecule has 5 nitrogen and oxygen atoms in total. The van der Waals surface area contributed by atoms with Gasteiger partial charge in [-0.15, -0.1) is 0 Å². The van der Waals surface area contributed by atoms with Crippen LogP contribution >= 0.6 is 11.6 Å². The van der Waals surface area contributed by atoms with Gasteiger partial charge >= 0.3 is 0 Å². The minimum absolute atomic E-state index is 0.0503. The van der Waals surface area contributed by atoms with Crippen LogP contribution < -0.4 is 5.32 Å². The molecule has 0 aliphatic carbocycles. The van der Waals surface area contributed by atoms with Crippen molar-refractivity contribution in [1.82, 2.24) is 9.88 Å². The van der Waals surface area contributed by atoms with Crippen molar-refractivity contribution in [1.29, 1.82) is 0 Å². The first-order valence-corrected chi connectivity index (χ1v) is 7.97. The van der Waals surface area contributed by atoms with Crippen LogP contribution in [0.15, 0.2) is 12.3 Å². The number of anilines is 1. The fourth-order valence-corrected chi connectivity index (χ4v) is 2.69. The number of amides is 1. The topological polar surface area (TPSA) is 65.5 Å². The number of nitrogens with one attached hydrogen (secondary N) is 1. The van der Waals surface area contributed by atoms with E-state index in [2.05, 4.69) is 15.2 Å². The summed E-state index contributed by atoms with van der Waals surface area (Å²) in [5, 5.41) is 12.6. The van der Waals surface area contributed by atoms with Gasteiger partial charge in [-0.05, 0) is 24.9 Å². The molecule has 0 aromatic carbocycles. The van der Waals surface area contributed by atoms with E-state index in [0.717, 1.165) is 25.1 Å². The van der Waals surface area contributed by atoms with Crippen LogP contribution in [0.1, 0.15) is 32.8 Å². The van der Waals surface area contributed by atoms with E-state index in [-0.39, 0.29) is 12.5 Å². The predicted molar refractivity (Wildman–Crippen MR) is 87.8 cm³/mol. The Labute approximate surface area is 136 Å². The van der Waals surface area contributed by atoms with Gasteiger partial charge in [-0.3, -0.25) is 9.69 Å². The van der Waals surface area contributed by atoms with Gasteiger partial charge in [0.05, 0.1) is 0 Å². The Kier molecular flexibility index (Phi) is 5.42. The maximum absolute atomic E-state index is 12.2. The van der Waals surface area contributed by atoms with Crippen molar-refractivity contribution in [2.24, 2.45) is 11.3 Å². The lowest BCUT2D eigenvalue weighted by molar-refractivity contribution is -0.123. The molecule has 0 saturated carbocycles. The molecular weight excluding hydrogens is 302 g/mol. The van der Waals surface area contributed by atoms with Crippen molar-refractivity contribution < 1.29 is 9.90 Å². The molecule has 0 radical (unpaired) electrons. The standard InChI is InChI=1S/C16H24ClN3O2/c1-16(2,3)15(22)19-13-4-6-18-14(17)12(13)9-20-7-5-11(8-20)10-21/h4,6,11,21H,5,7-10H2,1-3H3,(H,18,19,22)/t11-/m1/s1. The first-order chi connectivity index (χ1) is 10.3. The van der Waals surface area contributed by atoms with E-state index in [1.807, 2.05) is 20.8 Å². The van der Waals surface area contributed by atoms with E-state index >= 15 is 0 Å². The van der Waals surface area contributed by atoms with Crippen molar-refractivity contribution >= 4 is 23.2 Å². The molecule has 1 fully saturated rings. The molecule has 2 rings (SSSR count). The molecule has 1 saturated heterocycles. The summed E-state index contributed by atoms with van der Waals surface area (Å²) >= 11 is 6.24. The molecule has 1 aromatic rings. The third kappa shape index (κ3) is 4.18. The van der Waals surface area contributed by atoms with Gasteiger partial charge in [-0.1, -0.05) is 32.4 Å². The highest BCUT2D eigenvalue weighted by Crippen LogP contribution is 2.28. The van der Waals surface area contributed by atoms with Crippen molar-refractivity contribution in [3.8, 4) is 0 Å². The summed E-state index contributed by atoms with van der Waals surface area (Å²) in [6, 6.07) is 1.78. The van der Waals surface area contributed by atoms with Crippen LogP contribution in [0.5, 0.6) is 0 Å². The lowest BCUT2D eigenvalue weighted by Crippen LogP contribution is -2.29. The van der Waals surface area contributed by atoms with Gasteiger partial charge in [0.15, 0.2) is 0 Å². The second-order valence-electron chi connectivity index (χ2n) is 6.90. The molecular formula is C16H24ClN3O2. The van der Waals surface area contributed by atoms with Gasteiger partial charge in [0.25, 0.3) is 0 Å². The maximum atomic E-state index is 12.2. The van der Waals surface area contributed by atoms with Gasteiger partial charge in [0.2, 0.25) is 5.91 Å². The third-order valence-corrected chi connectivity index (χ3v) is 4.27. The Morgan fingerprint density at radius 2 is 2.27 bits per heavy atom. The first-order valence-electron chi connectivity index (χ1n) is 7.59. The van der Waals surface area contributed by atoms with Crippen molar-refractivity contribution in [3.05, 3.63) is 23.0 Å². The number of aliphatic hydroxyl groups excluding tert-OH is 1. The summed E-state index contributed by atoms with van der Waals surface area (Å²) in [6.07, 6.45) is 2.59. The number of aromatic nitrogens is 1. The predicted octanol–water partition coefficient (Wildman–Crippen LogP) is 2.53. The summed E-state index contributed by atoms with van der Waals surface area (Å²) in [5.41, 5.74) is 1.08. The number of aliphatic hydroxyl groups is 1. The largest absolute Gasteiger partial charge is 0.396 e. The number of hydrogen-bond acceptors (Lipinski definition) is 4. The number of carbonyl (C=O) groups is 1. The molecule has 6 heteroatoms. The highest BCUT2D eigenvalue weighted by molar-refractivity contribution is 6.30. The van der Waals surface area contributed by atoms with Gasteiger partial charge in [-0.25, -0.2) is 4.98 Å². The summed E-state index contributed by atoms with van der Waals surface area (Å²) < 4.78 is 0. The van der Waals surface area contributed by atoms with Crippen LogP contribution in [0.25, 0.3) is 0 Å². The Morgan fingerprint density at radius 3 is 2.86 bits per heavy atom. The molecule has 1 aliphatic rings. The van der Waals surface area contributed by atoms with E-state index in [1.54, 1.807) is 12.3 Å². The number of likely N-dealkylation sites (tertiary alicyclic amines) is 1. The lowest BCUT2D eigenvalue weighted by atomic mass is 9.95. The van der Waals surface area contributed by atoms with Gasteiger partial charge in [0.1, 0.15) is 5.15 Å². The summed E-state index contributed by atoms with van der Waals surface area (Å²) in [6.45, 7) is 8.22. The number of halogens is 1. The number of nitrogens with zero attached hydrogens (tertiary/aromatic N) is 2. The molecule has 1 aliphatic heterocycles. The molecule has 1 aromatic heterocycles. The Bertz CT molecular complexity index is 543. The minimum atomic E-state index is -0.470. The number of hydrogen-bond donors (Lipinski definition) is 2. The van der Waals surface area contributed by atoms with E-state index in [9.17, 15) is 9.90 Å². The van der Waals surface area contributed by atoms with Crippen LogP contribution in [0.3, 0.4) is 0 Å². The monoisotopic (exact) mass is 325 g/mol. The van der Waals surface area contributed by atoms with E-state index in [0.29, 0.717) is 23.3 Å². The maximum Gasteiger partial charge on any atom is 0.229 e. The summed E-state index contributed by atoms with van der Waals surface area (Å²) in [5.74, 6) is 0.272. The third-order valence-electron chi connectivity index (χ3n) is 3.94. The smallest absolute Gasteiger partial charge is 0.229 e. The summed E-state index contributed by atoms with van der Waals surface area (Å²) in [4.78, 5) is 18.6. The van der Waals surface area contributed by atoms with Gasteiger partial charge < -0.3 is 10.4 Å². The summed E-state index contributed by atoms with van der Waals surface area (Å²) in [7, 11) is 0. The Balaban J connectivity index is 2.15. The Hall–Kier alpha value is -1.17. The van der Waals surface area contributed by atoms with E-state index in [4.69, 9.17) is 11.6 Å². The highest BCUT2D eigenvalue weighted by Gasteiger charge is 2.26. The highest BCUT2D eigenvalue weighted by atomic mass is 35.5. The molecule has 1 amide bonds. The molecule has 0 spiro atoms. The first kappa shape index (κ1) is 17.2. The van der Waals surface area contributed by atoms with Crippen LogP contribution in [-0.4, -0.2) is 40.6 Å². The molecule has 2 N–H and O–H groups in total. The van der Waals surface area contributed by atoms with Crippen molar-refractivity contribution in [2.75, 3.05) is 25.0 Å². The molecule has 22 heavy (non-hydrogen) atoms. The second kappa shape index (κ2) is 6.94. The lowest BCUT2D eigenvalue weighted by Gasteiger charge is -2.22. The SMILES string of the molecule is CC(C)(C)C(=O)Nc1ccnc(Cl)c1CN1CC[C@@H](CO)C1. The number of pyridine rings is 1. The zero-order chi connectivity index (χ0) is 16.3. The number of carbonyl (C=O) groups excluding carboxylic acids is 1. The quantitative estimate of drug-likeness (QED) is 0.835. The average Bonchev–Trinajstić information content (AvgIpc) is 2.89. The average molecular weight is 326 g/mol. The van der Waals surface area contributed by atoms with Gasteiger partial charge in [-0.2, -0.15) is 0 Å². The minimum Gasteiger partial charge on any atom is -0.396 e. The number of rotatable bonds is 4. The zero-order valence-electron chi connectivity index (χ0n) is 13.4. The molecule has 1 atom stereocenters. The van der Waals surface area contributed by atoms with Crippen molar-refractivity contribution in [3.63, 3.8) is 0 Å². The Morgan fingerprint density at radius 1 is 1.55 bits per heavy atom. The fraction of sp³-hybridized carbons (Fsp3) is 0.625. The van der Waals surface area contributed by atoms with Crippen LogP contribution in [0.2, 0.25) is 5.15 Å². The van der Waals surface area contributed by atoms with E-state index in [1.165, 1.54) is 0 Å². The molecule has 122 valence electrons. The van der Waals surface area contributed by atoms with E-state index < -0.39 is 5.41 Å². The normalized spacial score (nSPS) is 19.4. The van der Waals surface area contributed by atoms with Crippen LogP contribution in [-0.2, 0) is 11.3 Å². The zero-order valence-corrected chi connectivity index (χ0v) is 14.2. The fourth-order valence-electron chi connectivity index (χ4n) is 2.47.